The number of hydrogen-bond acceptors (Lipinski definition) is 4. The molecule has 0 saturated carbocycles. The summed E-state index contributed by atoms with van der Waals surface area (Å²) in [5.74, 6) is 0.431. The Bertz CT molecular complexity index is 890. The SMILES string of the molecule is CN=C(NCc1ccccc1OCCN(C)C)NC1CCN(c2ccc(F)cc2F)C1. The van der Waals surface area contributed by atoms with Crippen LogP contribution in [0.4, 0.5) is 14.5 Å². The van der Waals surface area contributed by atoms with Gasteiger partial charge in [0.1, 0.15) is 24.0 Å². The molecular weight excluding hydrogens is 400 g/mol. The van der Waals surface area contributed by atoms with Crippen molar-refractivity contribution in [3.05, 3.63) is 59.7 Å². The monoisotopic (exact) mass is 431 g/mol. The van der Waals surface area contributed by atoms with Crippen molar-refractivity contribution in [2.24, 2.45) is 4.99 Å². The van der Waals surface area contributed by atoms with Crippen molar-refractivity contribution in [3.63, 3.8) is 0 Å². The molecule has 1 unspecified atom stereocenters. The third kappa shape index (κ3) is 6.55. The number of anilines is 1. The van der Waals surface area contributed by atoms with Gasteiger partial charge in [-0.1, -0.05) is 18.2 Å². The number of rotatable bonds is 8. The van der Waals surface area contributed by atoms with Gasteiger partial charge in [-0.2, -0.15) is 0 Å². The highest BCUT2D eigenvalue weighted by Crippen LogP contribution is 2.24. The number of benzene rings is 2. The molecule has 3 rings (SSSR count). The number of aliphatic imine (C=N–C) groups is 1. The predicted octanol–water partition coefficient (Wildman–Crippen LogP) is 2.85. The highest BCUT2D eigenvalue weighted by atomic mass is 19.1. The maximum absolute atomic E-state index is 14.1. The van der Waals surface area contributed by atoms with Crippen molar-refractivity contribution in [1.29, 1.82) is 0 Å². The average molecular weight is 432 g/mol. The molecule has 1 fully saturated rings. The number of guanidine groups is 1. The molecule has 2 aromatic carbocycles. The third-order valence-electron chi connectivity index (χ3n) is 5.22. The van der Waals surface area contributed by atoms with Crippen molar-refractivity contribution in [2.45, 2.75) is 19.0 Å². The van der Waals surface area contributed by atoms with E-state index < -0.39 is 11.6 Å². The number of nitrogens with zero attached hydrogens (tertiary/aromatic N) is 3. The molecule has 168 valence electrons. The molecule has 6 nitrogen and oxygen atoms in total. The van der Waals surface area contributed by atoms with Crippen LogP contribution in [0.5, 0.6) is 5.75 Å². The first kappa shape index (κ1) is 22.8. The van der Waals surface area contributed by atoms with Gasteiger partial charge in [0, 0.05) is 50.9 Å². The minimum absolute atomic E-state index is 0.113. The molecule has 1 heterocycles. The Morgan fingerprint density at radius 1 is 1.23 bits per heavy atom. The smallest absolute Gasteiger partial charge is 0.191 e. The molecule has 0 spiro atoms. The first-order valence-electron chi connectivity index (χ1n) is 10.5. The van der Waals surface area contributed by atoms with Crippen LogP contribution in [-0.2, 0) is 6.54 Å². The predicted molar refractivity (Wildman–Crippen MR) is 121 cm³/mol. The molecule has 0 aliphatic carbocycles. The highest BCUT2D eigenvalue weighted by Gasteiger charge is 2.25. The number of nitrogens with one attached hydrogen (secondary N) is 2. The Morgan fingerprint density at radius 3 is 2.77 bits per heavy atom. The number of halogens is 2. The molecule has 8 heteroatoms. The van der Waals surface area contributed by atoms with Gasteiger partial charge in [0.15, 0.2) is 5.96 Å². The van der Waals surface area contributed by atoms with E-state index in [1.165, 1.54) is 12.1 Å². The molecular formula is C23H31F2N5O. The fourth-order valence-corrected chi connectivity index (χ4v) is 3.53. The Morgan fingerprint density at radius 2 is 2.03 bits per heavy atom. The summed E-state index contributed by atoms with van der Waals surface area (Å²) in [5, 5.41) is 6.73. The Hall–Kier alpha value is -2.87. The largest absolute Gasteiger partial charge is 0.492 e. The maximum Gasteiger partial charge on any atom is 0.191 e. The lowest BCUT2D eigenvalue weighted by Crippen LogP contribution is -2.44. The normalized spacial score (nSPS) is 16.6. The summed E-state index contributed by atoms with van der Waals surface area (Å²) < 4.78 is 33.2. The zero-order chi connectivity index (χ0) is 22.2. The summed E-state index contributed by atoms with van der Waals surface area (Å²) in [5.41, 5.74) is 1.48. The van der Waals surface area contributed by atoms with Crippen LogP contribution in [-0.4, -0.2) is 64.3 Å². The van der Waals surface area contributed by atoms with E-state index in [9.17, 15) is 8.78 Å². The van der Waals surface area contributed by atoms with Crippen LogP contribution >= 0.6 is 0 Å². The van der Waals surface area contributed by atoms with E-state index in [1.54, 1.807) is 7.05 Å². The minimum atomic E-state index is -0.564. The lowest BCUT2D eigenvalue weighted by Gasteiger charge is -2.21. The van der Waals surface area contributed by atoms with Gasteiger partial charge in [-0.3, -0.25) is 4.99 Å². The van der Waals surface area contributed by atoms with E-state index in [0.717, 1.165) is 30.3 Å². The second-order valence-corrected chi connectivity index (χ2v) is 7.86. The molecule has 31 heavy (non-hydrogen) atoms. The number of ether oxygens (including phenoxy) is 1. The zero-order valence-electron chi connectivity index (χ0n) is 18.4. The second kappa shape index (κ2) is 10.9. The first-order chi connectivity index (χ1) is 15.0. The van der Waals surface area contributed by atoms with E-state index in [-0.39, 0.29) is 6.04 Å². The van der Waals surface area contributed by atoms with Gasteiger partial charge < -0.3 is 25.2 Å². The van der Waals surface area contributed by atoms with E-state index in [2.05, 4.69) is 20.5 Å². The standard InChI is InChI=1S/C23H31F2N5O/c1-26-23(27-15-17-6-4-5-7-22(17)31-13-12-29(2)3)28-19-10-11-30(16-19)21-9-8-18(24)14-20(21)25/h4-9,14,19H,10-13,15-16H2,1-3H3,(H2,26,27,28). The molecule has 2 N–H and O–H groups in total. The van der Waals surface area contributed by atoms with Crippen molar-refractivity contribution < 1.29 is 13.5 Å². The number of hydrogen-bond donors (Lipinski definition) is 2. The molecule has 0 bridgehead atoms. The van der Waals surface area contributed by atoms with E-state index in [4.69, 9.17) is 4.74 Å². The molecule has 1 atom stereocenters. The Balaban J connectivity index is 1.53. The quantitative estimate of drug-likeness (QED) is 0.497. The summed E-state index contributed by atoms with van der Waals surface area (Å²) in [4.78, 5) is 8.32. The molecule has 1 aliphatic rings. The van der Waals surface area contributed by atoms with Crippen LogP contribution in [0, 0.1) is 11.6 Å². The second-order valence-electron chi connectivity index (χ2n) is 7.86. The van der Waals surface area contributed by atoms with Crippen LogP contribution < -0.4 is 20.3 Å². The van der Waals surface area contributed by atoms with Crippen LogP contribution in [0.25, 0.3) is 0 Å². The topological polar surface area (TPSA) is 52.1 Å². The lowest BCUT2D eigenvalue weighted by molar-refractivity contribution is 0.259. The summed E-state index contributed by atoms with van der Waals surface area (Å²) in [6.45, 7) is 3.35. The fraction of sp³-hybridized carbons (Fsp3) is 0.435. The summed E-state index contributed by atoms with van der Waals surface area (Å²) in [6.07, 6.45) is 0.835. The van der Waals surface area contributed by atoms with E-state index in [0.29, 0.717) is 37.9 Å². The van der Waals surface area contributed by atoms with Gasteiger partial charge in [0.05, 0.1) is 5.69 Å². The van der Waals surface area contributed by atoms with Gasteiger partial charge >= 0.3 is 0 Å². The molecule has 2 aromatic rings. The van der Waals surface area contributed by atoms with Gasteiger partial charge in [0.2, 0.25) is 0 Å². The Kier molecular flexibility index (Phi) is 8.06. The fourth-order valence-electron chi connectivity index (χ4n) is 3.53. The Labute approximate surface area is 182 Å². The van der Waals surface area contributed by atoms with Gasteiger partial charge in [0.25, 0.3) is 0 Å². The van der Waals surface area contributed by atoms with Crippen molar-refractivity contribution in [2.75, 3.05) is 52.3 Å². The first-order valence-corrected chi connectivity index (χ1v) is 10.5. The van der Waals surface area contributed by atoms with Gasteiger partial charge in [-0.15, -0.1) is 0 Å². The third-order valence-corrected chi connectivity index (χ3v) is 5.22. The van der Waals surface area contributed by atoms with Crippen LogP contribution in [0.3, 0.4) is 0 Å². The van der Waals surface area contributed by atoms with E-state index in [1.807, 2.05) is 43.3 Å². The highest BCUT2D eigenvalue weighted by molar-refractivity contribution is 5.80. The van der Waals surface area contributed by atoms with Gasteiger partial charge in [-0.25, -0.2) is 8.78 Å². The minimum Gasteiger partial charge on any atom is -0.492 e. The molecule has 0 aromatic heterocycles. The van der Waals surface area contributed by atoms with Gasteiger partial charge in [-0.05, 0) is 38.7 Å². The van der Waals surface area contributed by atoms with Crippen LogP contribution in [0.2, 0.25) is 0 Å². The summed E-state index contributed by atoms with van der Waals surface area (Å²) >= 11 is 0. The van der Waals surface area contributed by atoms with Crippen LogP contribution in [0.15, 0.2) is 47.5 Å². The number of para-hydroxylation sites is 1. The van der Waals surface area contributed by atoms with Crippen LogP contribution in [0.1, 0.15) is 12.0 Å². The van der Waals surface area contributed by atoms with Crippen molar-refractivity contribution in [1.82, 2.24) is 15.5 Å². The number of likely N-dealkylation sites (N-methyl/N-ethyl adjacent to an activating group) is 1. The molecule has 0 radical (unpaired) electrons. The lowest BCUT2D eigenvalue weighted by atomic mass is 10.2. The zero-order valence-corrected chi connectivity index (χ0v) is 18.4. The maximum atomic E-state index is 14.1. The average Bonchev–Trinajstić information content (AvgIpc) is 3.19. The van der Waals surface area contributed by atoms with E-state index >= 15 is 0 Å². The van der Waals surface area contributed by atoms with Crippen molar-refractivity contribution >= 4 is 11.6 Å². The molecule has 1 aliphatic heterocycles. The molecule has 1 saturated heterocycles. The molecule has 0 amide bonds. The summed E-state index contributed by atoms with van der Waals surface area (Å²) in [6, 6.07) is 11.8. The summed E-state index contributed by atoms with van der Waals surface area (Å²) in [7, 11) is 5.75. The van der Waals surface area contributed by atoms with Crippen molar-refractivity contribution in [3.8, 4) is 5.75 Å².